The number of thiazole rings is 1. The third-order valence-electron chi connectivity index (χ3n) is 8.48. The molecule has 6 aromatic rings. The van der Waals surface area contributed by atoms with E-state index in [1.165, 1.54) is 11.3 Å². The highest BCUT2D eigenvalue weighted by Gasteiger charge is 2.34. The summed E-state index contributed by atoms with van der Waals surface area (Å²) in [6.07, 6.45) is 1.87. The van der Waals surface area contributed by atoms with Crippen molar-refractivity contribution in [3.05, 3.63) is 163 Å². The number of ether oxygens (including phenoxy) is 3. The first-order chi connectivity index (χ1) is 23.9. The van der Waals surface area contributed by atoms with Crippen molar-refractivity contribution in [3.63, 3.8) is 0 Å². The monoisotopic (exact) mass is 667 g/mol. The molecule has 0 fully saturated rings. The van der Waals surface area contributed by atoms with Crippen molar-refractivity contribution >= 4 is 39.8 Å². The lowest BCUT2D eigenvalue weighted by molar-refractivity contribution is -0.113. The Morgan fingerprint density at radius 2 is 1.61 bits per heavy atom. The van der Waals surface area contributed by atoms with E-state index in [0.717, 1.165) is 21.9 Å². The molecule has 0 spiro atoms. The van der Waals surface area contributed by atoms with E-state index < -0.39 is 6.04 Å². The van der Waals surface area contributed by atoms with Crippen molar-refractivity contribution in [1.82, 2.24) is 4.57 Å². The summed E-state index contributed by atoms with van der Waals surface area (Å²) in [6.45, 7) is 2.16. The molecule has 1 aliphatic rings. The van der Waals surface area contributed by atoms with Crippen molar-refractivity contribution in [3.8, 4) is 17.2 Å². The minimum absolute atomic E-state index is 0.286. The number of hydrogen-bond acceptors (Lipinski definition) is 7. The Bertz CT molecular complexity index is 2400. The molecule has 0 saturated heterocycles. The topological polar surface area (TPSA) is 91.2 Å². The van der Waals surface area contributed by atoms with E-state index in [1.807, 2.05) is 109 Å². The molecule has 5 aromatic carbocycles. The van der Waals surface area contributed by atoms with Crippen molar-refractivity contribution in [1.29, 1.82) is 0 Å². The molecule has 0 saturated carbocycles. The van der Waals surface area contributed by atoms with Gasteiger partial charge in [-0.15, -0.1) is 0 Å². The maximum atomic E-state index is 14.6. The Morgan fingerprint density at radius 3 is 2.37 bits per heavy atom. The van der Waals surface area contributed by atoms with Gasteiger partial charge in [0.2, 0.25) is 0 Å². The molecule has 0 radical (unpaired) electrons. The third-order valence-corrected chi connectivity index (χ3v) is 9.46. The predicted molar refractivity (Wildman–Crippen MR) is 193 cm³/mol. The highest BCUT2D eigenvalue weighted by atomic mass is 32.1. The van der Waals surface area contributed by atoms with E-state index in [4.69, 9.17) is 19.2 Å². The lowest BCUT2D eigenvalue weighted by atomic mass is 9.94. The van der Waals surface area contributed by atoms with Crippen molar-refractivity contribution in [2.24, 2.45) is 4.99 Å². The number of carbonyl (C=O) groups is 1. The highest BCUT2D eigenvalue weighted by molar-refractivity contribution is 7.07. The van der Waals surface area contributed by atoms with Crippen LogP contribution in [0, 0.1) is 0 Å². The fraction of sp³-hybridized carbons (Fsp3) is 0.125. The summed E-state index contributed by atoms with van der Waals surface area (Å²) < 4.78 is 19.7. The van der Waals surface area contributed by atoms with Gasteiger partial charge in [0, 0.05) is 22.9 Å². The smallest absolute Gasteiger partial charge is 0.271 e. The molecule has 1 aromatic heterocycles. The zero-order valence-corrected chi connectivity index (χ0v) is 28.0. The summed E-state index contributed by atoms with van der Waals surface area (Å²) in [7, 11) is 3.13. The van der Waals surface area contributed by atoms with Crippen LogP contribution in [-0.2, 0) is 11.4 Å². The molecule has 1 N–H and O–H groups in total. The first-order valence-corrected chi connectivity index (χ1v) is 16.6. The number of benzene rings is 5. The fourth-order valence-electron chi connectivity index (χ4n) is 6.09. The quantitative estimate of drug-likeness (QED) is 0.187. The van der Waals surface area contributed by atoms with E-state index in [9.17, 15) is 9.59 Å². The summed E-state index contributed by atoms with van der Waals surface area (Å²) in [4.78, 5) is 34.0. The van der Waals surface area contributed by atoms with Gasteiger partial charge >= 0.3 is 0 Å². The van der Waals surface area contributed by atoms with Crippen LogP contribution in [0.25, 0.3) is 16.8 Å². The van der Waals surface area contributed by atoms with Crippen molar-refractivity contribution in [2.75, 3.05) is 19.5 Å². The first-order valence-electron chi connectivity index (χ1n) is 15.7. The molecule has 2 heterocycles. The van der Waals surface area contributed by atoms with Crippen LogP contribution in [0.4, 0.5) is 5.69 Å². The van der Waals surface area contributed by atoms with Gasteiger partial charge < -0.3 is 19.5 Å². The number of para-hydroxylation sites is 1. The van der Waals surface area contributed by atoms with Gasteiger partial charge in [-0.2, -0.15) is 0 Å². The van der Waals surface area contributed by atoms with Crippen LogP contribution in [0.1, 0.15) is 29.7 Å². The second kappa shape index (κ2) is 13.7. The Labute approximate surface area is 286 Å². The van der Waals surface area contributed by atoms with Crippen LogP contribution in [0.3, 0.4) is 0 Å². The van der Waals surface area contributed by atoms with Gasteiger partial charge in [-0.25, -0.2) is 4.99 Å². The average Bonchev–Trinajstić information content (AvgIpc) is 3.44. The number of aromatic nitrogens is 1. The molecule has 0 unspecified atom stereocenters. The van der Waals surface area contributed by atoms with Crippen LogP contribution in [0.2, 0.25) is 0 Å². The number of nitrogens with zero attached hydrogens (tertiary/aromatic N) is 2. The zero-order chi connectivity index (χ0) is 33.9. The minimum atomic E-state index is -0.829. The highest BCUT2D eigenvalue weighted by Crippen LogP contribution is 2.38. The van der Waals surface area contributed by atoms with E-state index in [0.29, 0.717) is 55.7 Å². The number of amides is 1. The van der Waals surface area contributed by atoms with Crippen LogP contribution in [0.15, 0.2) is 136 Å². The zero-order valence-electron chi connectivity index (χ0n) is 27.2. The predicted octanol–water partition coefficient (Wildman–Crippen LogP) is 6.62. The molecule has 7 rings (SSSR count). The molecule has 1 amide bonds. The van der Waals surface area contributed by atoms with Gasteiger partial charge in [0.25, 0.3) is 11.5 Å². The second-order valence-corrected chi connectivity index (χ2v) is 12.5. The number of fused-ring (bicyclic) bond motifs is 2. The van der Waals surface area contributed by atoms with E-state index in [-0.39, 0.29) is 11.5 Å². The lowest BCUT2D eigenvalue weighted by Crippen LogP contribution is -2.40. The number of allylic oxidation sites excluding steroid dienone is 1. The summed E-state index contributed by atoms with van der Waals surface area (Å²) in [6, 6.07) is 35.7. The van der Waals surface area contributed by atoms with Gasteiger partial charge in [0.05, 0.1) is 30.0 Å². The summed E-state index contributed by atoms with van der Waals surface area (Å²) >= 11 is 1.27. The summed E-state index contributed by atoms with van der Waals surface area (Å²) in [5.74, 6) is 1.35. The number of anilines is 1. The average molecular weight is 668 g/mol. The molecule has 9 heteroatoms. The van der Waals surface area contributed by atoms with Crippen LogP contribution < -0.4 is 34.4 Å². The second-order valence-electron chi connectivity index (χ2n) is 11.5. The number of methoxy groups -OCH3 is 2. The maximum absolute atomic E-state index is 14.6. The SMILES string of the molecule is COc1ccc([C@H]2C(C(=O)Nc3ccccc3)=C(C)N=c3s/c(=C\c4c(OCc5ccccc5)ccc5ccccc45)c(=O)n32)c(OC)c1. The molecule has 0 aliphatic carbocycles. The van der Waals surface area contributed by atoms with Gasteiger partial charge in [0.15, 0.2) is 4.80 Å². The molecule has 8 nitrogen and oxygen atoms in total. The fourth-order valence-corrected chi connectivity index (χ4v) is 7.12. The van der Waals surface area contributed by atoms with E-state index >= 15 is 0 Å². The molecular weight excluding hydrogens is 635 g/mol. The van der Waals surface area contributed by atoms with Crippen molar-refractivity contribution < 1.29 is 19.0 Å². The Balaban J connectivity index is 1.41. The number of carbonyl (C=O) groups excluding carboxylic acids is 1. The van der Waals surface area contributed by atoms with Crippen LogP contribution in [-0.4, -0.2) is 24.7 Å². The Kier molecular flexibility index (Phi) is 8.83. The summed E-state index contributed by atoms with van der Waals surface area (Å²) in [5, 5.41) is 4.96. The van der Waals surface area contributed by atoms with Gasteiger partial charge in [-0.05, 0) is 59.7 Å². The third kappa shape index (κ3) is 6.24. The molecule has 0 bridgehead atoms. The van der Waals surface area contributed by atoms with E-state index in [1.54, 1.807) is 37.8 Å². The van der Waals surface area contributed by atoms with Crippen molar-refractivity contribution in [2.45, 2.75) is 19.6 Å². The Morgan fingerprint density at radius 1 is 0.878 bits per heavy atom. The number of nitrogens with one attached hydrogen (secondary N) is 1. The van der Waals surface area contributed by atoms with E-state index in [2.05, 4.69) is 5.32 Å². The van der Waals surface area contributed by atoms with Crippen LogP contribution in [0.5, 0.6) is 17.2 Å². The van der Waals surface area contributed by atoms with Gasteiger partial charge in [-0.1, -0.05) is 90.2 Å². The molecule has 1 atom stereocenters. The minimum Gasteiger partial charge on any atom is -0.497 e. The maximum Gasteiger partial charge on any atom is 0.271 e. The molecule has 244 valence electrons. The van der Waals surface area contributed by atoms with Gasteiger partial charge in [0.1, 0.15) is 29.9 Å². The normalized spacial score (nSPS) is 14.3. The lowest BCUT2D eigenvalue weighted by Gasteiger charge is -2.26. The number of rotatable bonds is 9. The van der Waals surface area contributed by atoms with Crippen LogP contribution >= 0.6 is 11.3 Å². The Hall–Kier alpha value is -5.93. The molecule has 1 aliphatic heterocycles. The standard InChI is InChI=1S/C40H33N3O5S/c1-25-36(38(44)42-28-15-8-5-9-16-28)37(31-20-19-29(46-2)22-34(31)47-3)43-39(45)35(49-40(43)41-25)23-32-30-17-11-10-14-27(30)18-21-33(32)48-24-26-12-6-4-7-13-26/h4-23,37H,24H2,1-3H3,(H,42,44)/b35-23-/t37-/m0/s1. The first kappa shape index (κ1) is 31.7. The molecule has 49 heavy (non-hydrogen) atoms. The molecular formula is C40H33N3O5S. The summed E-state index contributed by atoms with van der Waals surface area (Å²) in [5.41, 5.74) is 3.63. The number of hydrogen-bond donors (Lipinski definition) is 1. The largest absolute Gasteiger partial charge is 0.497 e. The van der Waals surface area contributed by atoms with Gasteiger partial charge in [-0.3, -0.25) is 14.2 Å².